The number of rotatable bonds is 5. The van der Waals surface area contributed by atoms with Crippen LogP contribution in [0.15, 0.2) is 71.7 Å². The molecular formula is C24H19F3N2O3. The van der Waals surface area contributed by atoms with Gasteiger partial charge >= 0.3 is 12.3 Å². The lowest BCUT2D eigenvalue weighted by atomic mass is 9.98. The first kappa shape index (κ1) is 21.4. The topological polar surface area (TPSA) is 71.2 Å². The lowest BCUT2D eigenvalue weighted by Crippen LogP contribution is -2.26. The Morgan fingerprint density at radius 1 is 1.06 bits per heavy atom. The van der Waals surface area contributed by atoms with E-state index < -0.39 is 23.4 Å². The van der Waals surface area contributed by atoms with Crippen molar-refractivity contribution < 1.29 is 22.7 Å². The predicted molar refractivity (Wildman–Crippen MR) is 114 cm³/mol. The van der Waals surface area contributed by atoms with Crippen molar-refractivity contribution in [2.75, 3.05) is 13.2 Å². The number of nitrogens with one attached hydrogen (secondary N) is 2. The van der Waals surface area contributed by atoms with Crippen LogP contribution >= 0.6 is 0 Å². The number of halogens is 3. The molecule has 1 aliphatic carbocycles. The van der Waals surface area contributed by atoms with Gasteiger partial charge in [0.15, 0.2) is 0 Å². The van der Waals surface area contributed by atoms with Gasteiger partial charge in [-0.25, -0.2) is 4.79 Å². The van der Waals surface area contributed by atoms with Gasteiger partial charge in [0, 0.05) is 24.2 Å². The van der Waals surface area contributed by atoms with Crippen molar-refractivity contribution in [3.63, 3.8) is 0 Å². The van der Waals surface area contributed by atoms with Gasteiger partial charge in [-0.3, -0.25) is 4.79 Å². The van der Waals surface area contributed by atoms with Gasteiger partial charge in [-0.15, -0.1) is 0 Å². The Bertz CT molecular complexity index is 1190. The average molecular weight is 440 g/mol. The number of hydrogen-bond acceptors (Lipinski definition) is 3. The molecule has 164 valence electrons. The molecule has 2 aromatic carbocycles. The number of pyridine rings is 1. The van der Waals surface area contributed by atoms with Gasteiger partial charge in [-0.05, 0) is 28.3 Å². The second-order valence-electron chi connectivity index (χ2n) is 7.28. The first-order valence-corrected chi connectivity index (χ1v) is 9.90. The number of alkyl halides is 3. The highest BCUT2D eigenvalue weighted by Gasteiger charge is 2.31. The van der Waals surface area contributed by atoms with Crippen LogP contribution in [0.4, 0.5) is 18.0 Å². The lowest BCUT2D eigenvalue weighted by Gasteiger charge is -2.14. The summed E-state index contributed by atoms with van der Waals surface area (Å²) in [5.41, 5.74) is 2.64. The Labute approximate surface area is 181 Å². The minimum Gasteiger partial charge on any atom is -0.449 e. The number of carbonyl (C=O) groups excluding carboxylic acids is 1. The molecule has 1 aromatic heterocycles. The number of alkyl carbamates (subject to hydrolysis) is 1. The van der Waals surface area contributed by atoms with E-state index >= 15 is 0 Å². The summed E-state index contributed by atoms with van der Waals surface area (Å²) < 4.78 is 43.7. The van der Waals surface area contributed by atoms with E-state index in [-0.39, 0.29) is 24.6 Å². The molecule has 1 aliphatic rings. The van der Waals surface area contributed by atoms with Crippen LogP contribution < -0.4 is 10.9 Å². The van der Waals surface area contributed by atoms with Gasteiger partial charge in [-0.1, -0.05) is 60.7 Å². The van der Waals surface area contributed by atoms with E-state index in [2.05, 4.69) is 10.3 Å². The molecule has 0 radical (unpaired) electrons. The maximum atomic E-state index is 12.8. The molecule has 0 saturated heterocycles. The van der Waals surface area contributed by atoms with Gasteiger partial charge in [-0.2, -0.15) is 13.2 Å². The third kappa shape index (κ3) is 4.44. The van der Waals surface area contributed by atoms with Gasteiger partial charge < -0.3 is 15.0 Å². The van der Waals surface area contributed by atoms with Crippen LogP contribution in [0.25, 0.3) is 17.2 Å². The van der Waals surface area contributed by atoms with Gasteiger partial charge in [0.05, 0.1) is 5.56 Å². The van der Waals surface area contributed by atoms with Crippen molar-refractivity contribution in [1.82, 2.24) is 10.3 Å². The molecule has 5 nitrogen and oxygen atoms in total. The van der Waals surface area contributed by atoms with E-state index in [4.69, 9.17) is 4.74 Å². The molecule has 0 bridgehead atoms. The van der Waals surface area contributed by atoms with Crippen LogP contribution in [-0.4, -0.2) is 24.2 Å². The number of benzene rings is 2. The highest BCUT2D eigenvalue weighted by Crippen LogP contribution is 2.44. The summed E-state index contributed by atoms with van der Waals surface area (Å²) >= 11 is 0. The maximum absolute atomic E-state index is 12.8. The molecule has 0 spiro atoms. The SMILES string of the molecule is O=C(NCC=Cc1cc(C(F)(F)F)c[nH]c1=O)OCC1c2ccccc2-c2ccccc21. The van der Waals surface area contributed by atoms with E-state index in [1.807, 2.05) is 48.5 Å². The quantitative estimate of drug-likeness (QED) is 0.590. The lowest BCUT2D eigenvalue weighted by molar-refractivity contribution is -0.137. The Kier molecular flexibility index (Phi) is 5.85. The number of aromatic nitrogens is 1. The van der Waals surface area contributed by atoms with Crippen molar-refractivity contribution in [3.05, 3.63) is 99.5 Å². The summed E-state index contributed by atoms with van der Waals surface area (Å²) in [6.45, 7) is 0.142. The Morgan fingerprint density at radius 2 is 1.69 bits per heavy atom. The number of fused-ring (bicyclic) bond motifs is 3. The van der Waals surface area contributed by atoms with E-state index in [0.717, 1.165) is 28.3 Å². The maximum Gasteiger partial charge on any atom is 0.417 e. The molecule has 8 heteroatoms. The molecule has 0 aliphatic heterocycles. The summed E-state index contributed by atoms with van der Waals surface area (Å²) in [5.74, 6) is -0.0765. The zero-order valence-electron chi connectivity index (χ0n) is 16.8. The second kappa shape index (κ2) is 8.74. The van der Waals surface area contributed by atoms with Crippen LogP contribution in [0.1, 0.15) is 28.2 Å². The Balaban J connectivity index is 1.35. The molecule has 0 unspecified atom stereocenters. The number of aromatic amines is 1. The fourth-order valence-corrected chi connectivity index (χ4v) is 3.77. The Hall–Kier alpha value is -3.81. The van der Waals surface area contributed by atoms with Crippen LogP contribution in [0.5, 0.6) is 0 Å². The van der Waals surface area contributed by atoms with Crippen molar-refractivity contribution >= 4 is 12.2 Å². The number of hydrogen-bond donors (Lipinski definition) is 2. The summed E-state index contributed by atoms with van der Waals surface area (Å²) in [5, 5.41) is 2.51. The average Bonchev–Trinajstić information content (AvgIpc) is 3.09. The normalized spacial score (nSPS) is 13.1. The summed E-state index contributed by atoms with van der Waals surface area (Å²) in [6.07, 6.45) is -2.00. The van der Waals surface area contributed by atoms with Crippen LogP contribution in [0.3, 0.4) is 0 Å². The van der Waals surface area contributed by atoms with Crippen LogP contribution in [0.2, 0.25) is 0 Å². The largest absolute Gasteiger partial charge is 0.449 e. The van der Waals surface area contributed by atoms with Crippen molar-refractivity contribution in [2.45, 2.75) is 12.1 Å². The minimum atomic E-state index is -4.56. The molecule has 32 heavy (non-hydrogen) atoms. The number of carbonyl (C=O) groups is 1. The van der Waals surface area contributed by atoms with E-state index in [1.165, 1.54) is 12.2 Å². The monoisotopic (exact) mass is 440 g/mol. The fraction of sp³-hybridized carbons (Fsp3) is 0.167. The highest BCUT2D eigenvalue weighted by molar-refractivity contribution is 5.79. The fourth-order valence-electron chi connectivity index (χ4n) is 3.77. The van der Waals surface area contributed by atoms with E-state index in [9.17, 15) is 22.8 Å². The second-order valence-corrected chi connectivity index (χ2v) is 7.28. The zero-order valence-corrected chi connectivity index (χ0v) is 16.8. The molecule has 3 aromatic rings. The number of ether oxygens (including phenoxy) is 1. The minimum absolute atomic E-state index is 0.00758. The molecule has 2 N–H and O–H groups in total. The number of amides is 1. The zero-order chi connectivity index (χ0) is 22.7. The summed E-state index contributed by atoms with van der Waals surface area (Å²) in [4.78, 5) is 25.8. The van der Waals surface area contributed by atoms with Crippen molar-refractivity contribution in [2.24, 2.45) is 0 Å². The number of H-pyrrole nitrogens is 1. The van der Waals surface area contributed by atoms with Crippen molar-refractivity contribution in [1.29, 1.82) is 0 Å². The third-order valence-electron chi connectivity index (χ3n) is 5.26. The van der Waals surface area contributed by atoms with Crippen molar-refractivity contribution in [3.8, 4) is 11.1 Å². The molecule has 1 amide bonds. The summed E-state index contributed by atoms with van der Waals surface area (Å²) in [7, 11) is 0. The molecule has 4 rings (SSSR count). The van der Waals surface area contributed by atoms with Crippen LogP contribution in [-0.2, 0) is 10.9 Å². The predicted octanol–water partition coefficient (Wildman–Crippen LogP) is 4.95. The molecule has 0 fully saturated rings. The standard InChI is InChI=1S/C24H19F3N2O3/c25-24(26,27)16-12-15(22(30)29-13-16)6-5-11-28-23(31)32-14-21-19-9-3-1-7-17(19)18-8-2-4-10-20(18)21/h1-10,12-13,21H,11,14H2,(H,28,31)(H,29,30). The molecule has 0 atom stereocenters. The van der Waals surface area contributed by atoms with Crippen LogP contribution in [0, 0.1) is 0 Å². The van der Waals surface area contributed by atoms with E-state index in [1.54, 1.807) is 0 Å². The molecular weight excluding hydrogens is 421 g/mol. The molecule has 1 heterocycles. The summed E-state index contributed by atoms with van der Waals surface area (Å²) in [6, 6.07) is 16.7. The van der Waals surface area contributed by atoms with Gasteiger partial charge in [0.2, 0.25) is 0 Å². The van der Waals surface area contributed by atoms with Gasteiger partial charge in [0.1, 0.15) is 6.61 Å². The smallest absolute Gasteiger partial charge is 0.417 e. The highest BCUT2D eigenvalue weighted by atomic mass is 19.4. The van der Waals surface area contributed by atoms with Gasteiger partial charge in [0.25, 0.3) is 5.56 Å². The molecule has 0 saturated carbocycles. The van der Waals surface area contributed by atoms with E-state index in [0.29, 0.717) is 6.20 Å². The third-order valence-corrected chi connectivity index (χ3v) is 5.26. The first-order valence-electron chi connectivity index (χ1n) is 9.90. The first-order chi connectivity index (χ1) is 15.3. The Morgan fingerprint density at radius 3 is 2.31 bits per heavy atom.